The van der Waals surface area contributed by atoms with Gasteiger partial charge in [-0.15, -0.1) is 0 Å². The molecule has 152 valence electrons. The summed E-state index contributed by atoms with van der Waals surface area (Å²) in [7, 11) is 2.24. The third kappa shape index (κ3) is 4.67. The second kappa shape index (κ2) is 8.80. The lowest BCUT2D eigenvalue weighted by molar-refractivity contribution is 0.124. The number of fused-ring (bicyclic) bond motifs is 1. The summed E-state index contributed by atoms with van der Waals surface area (Å²) in [6, 6.07) is 4.46. The summed E-state index contributed by atoms with van der Waals surface area (Å²) in [6.07, 6.45) is 7.74. The van der Waals surface area contributed by atoms with Crippen molar-refractivity contribution in [2.75, 3.05) is 32.0 Å². The van der Waals surface area contributed by atoms with Crippen molar-refractivity contribution in [2.45, 2.75) is 45.3 Å². The van der Waals surface area contributed by atoms with Crippen molar-refractivity contribution >= 4 is 17.5 Å². The Kier molecular flexibility index (Phi) is 6.19. The van der Waals surface area contributed by atoms with Gasteiger partial charge in [0.05, 0.1) is 6.54 Å². The third-order valence-corrected chi connectivity index (χ3v) is 6.43. The molecule has 0 amide bonds. The van der Waals surface area contributed by atoms with Gasteiger partial charge in [-0.1, -0.05) is 0 Å². The average Bonchev–Trinajstić information content (AvgIpc) is 3.29. The second-order valence-corrected chi connectivity index (χ2v) is 8.61. The van der Waals surface area contributed by atoms with Gasteiger partial charge in [0.2, 0.25) is 5.95 Å². The first-order chi connectivity index (χ1) is 13.6. The SMILES string of the molecule is CCNc1ncc(CN(C)[C@H]2C[C@H]3CCN(Cc4ccc(Cl)o4)C[C@H]3C2)cn1. The summed E-state index contributed by atoms with van der Waals surface area (Å²) in [4.78, 5) is 13.8. The second-order valence-electron chi connectivity index (χ2n) is 8.24. The largest absolute Gasteiger partial charge is 0.448 e. The number of aromatic nitrogens is 2. The highest BCUT2D eigenvalue weighted by molar-refractivity contribution is 6.28. The van der Waals surface area contributed by atoms with Gasteiger partial charge in [-0.05, 0) is 75.3 Å². The van der Waals surface area contributed by atoms with Gasteiger partial charge in [0.25, 0.3) is 0 Å². The first-order valence-corrected chi connectivity index (χ1v) is 10.7. The molecule has 3 atom stereocenters. The van der Waals surface area contributed by atoms with E-state index in [0.717, 1.165) is 50.3 Å². The van der Waals surface area contributed by atoms with Gasteiger partial charge in [0.15, 0.2) is 5.22 Å². The fraction of sp³-hybridized carbons (Fsp3) is 0.619. The highest BCUT2D eigenvalue weighted by Crippen LogP contribution is 2.40. The fourth-order valence-corrected chi connectivity index (χ4v) is 4.95. The maximum atomic E-state index is 5.91. The van der Waals surface area contributed by atoms with E-state index in [1.807, 2.05) is 24.5 Å². The number of anilines is 1. The lowest BCUT2D eigenvalue weighted by Gasteiger charge is -2.34. The Balaban J connectivity index is 1.29. The van der Waals surface area contributed by atoms with Crippen LogP contribution in [0.5, 0.6) is 0 Å². The highest BCUT2D eigenvalue weighted by Gasteiger charge is 2.39. The maximum Gasteiger partial charge on any atom is 0.222 e. The van der Waals surface area contributed by atoms with Crippen LogP contribution in [-0.2, 0) is 13.1 Å². The normalized spacial score (nSPS) is 25.2. The summed E-state index contributed by atoms with van der Waals surface area (Å²) < 4.78 is 5.55. The lowest BCUT2D eigenvalue weighted by Crippen LogP contribution is -2.37. The molecule has 1 aliphatic heterocycles. The number of nitrogens with one attached hydrogen (secondary N) is 1. The number of hydrogen-bond donors (Lipinski definition) is 1. The first kappa shape index (κ1) is 19.7. The van der Waals surface area contributed by atoms with Crippen molar-refractivity contribution < 1.29 is 4.42 Å². The van der Waals surface area contributed by atoms with Gasteiger partial charge in [-0.3, -0.25) is 9.80 Å². The number of rotatable bonds is 7. The molecule has 2 aromatic heterocycles. The minimum atomic E-state index is 0.481. The van der Waals surface area contributed by atoms with E-state index in [2.05, 4.69) is 39.1 Å². The molecule has 0 bridgehead atoms. The van der Waals surface area contributed by atoms with Crippen molar-refractivity contribution in [3.63, 3.8) is 0 Å². The van der Waals surface area contributed by atoms with Crippen molar-refractivity contribution in [1.29, 1.82) is 0 Å². The molecule has 1 saturated heterocycles. The molecule has 1 aliphatic carbocycles. The predicted octanol–water partition coefficient (Wildman–Crippen LogP) is 3.89. The first-order valence-electron chi connectivity index (χ1n) is 10.3. The molecule has 0 unspecified atom stereocenters. The van der Waals surface area contributed by atoms with Crippen molar-refractivity contribution in [2.24, 2.45) is 11.8 Å². The van der Waals surface area contributed by atoms with E-state index in [9.17, 15) is 0 Å². The molecule has 2 aliphatic rings. The van der Waals surface area contributed by atoms with Gasteiger partial charge < -0.3 is 9.73 Å². The molecule has 0 spiro atoms. The molecule has 0 radical (unpaired) electrons. The molecule has 2 fully saturated rings. The van der Waals surface area contributed by atoms with E-state index in [1.54, 1.807) is 0 Å². The van der Waals surface area contributed by atoms with Crippen molar-refractivity contribution in [1.82, 2.24) is 19.8 Å². The maximum absolute atomic E-state index is 5.91. The molecule has 1 N–H and O–H groups in total. The van der Waals surface area contributed by atoms with Gasteiger partial charge in [-0.2, -0.15) is 0 Å². The Bertz CT molecular complexity index is 764. The Morgan fingerprint density at radius 1 is 1.25 bits per heavy atom. The molecule has 0 aromatic carbocycles. The zero-order valence-corrected chi connectivity index (χ0v) is 17.5. The summed E-state index contributed by atoms with van der Waals surface area (Å²) in [5, 5.41) is 3.63. The Labute approximate surface area is 172 Å². The van der Waals surface area contributed by atoms with Crippen LogP contribution >= 0.6 is 11.6 Å². The quantitative estimate of drug-likeness (QED) is 0.756. The molecule has 1 saturated carbocycles. The Hall–Kier alpha value is -1.63. The number of halogens is 1. The predicted molar refractivity (Wildman–Crippen MR) is 111 cm³/mol. The van der Waals surface area contributed by atoms with Crippen LogP contribution < -0.4 is 5.32 Å². The van der Waals surface area contributed by atoms with E-state index in [-0.39, 0.29) is 0 Å². The van der Waals surface area contributed by atoms with Crippen LogP contribution in [0, 0.1) is 11.8 Å². The minimum absolute atomic E-state index is 0.481. The monoisotopic (exact) mass is 403 g/mol. The summed E-state index contributed by atoms with van der Waals surface area (Å²) in [5.41, 5.74) is 1.18. The van der Waals surface area contributed by atoms with E-state index < -0.39 is 0 Å². The van der Waals surface area contributed by atoms with E-state index in [0.29, 0.717) is 17.2 Å². The van der Waals surface area contributed by atoms with Crippen LogP contribution in [-0.4, -0.2) is 52.5 Å². The van der Waals surface area contributed by atoms with Crippen LogP contribution in [0.3, 0.4) is 0 Å². The van der Waals surface area contributed by atoms with Crippen LogP contribution in [0.1, 0.15) is 37.5 Å². The summed E-state index contributed by atoms with van der Waals surface area (Å²) in [5.74, 6) is 3.30. The van der Waals surface area contributed by atoms with E-state index >= 15 is 0 Å². The minimum Gasteiger partial charge on any atom is -0.448 e. The smallest absolute Gasteiger partial charge is 0.222 e. The van der Waals surface area contributed by atoms with E-state index in [4.69, 9.17) is 16.0 Å². The zero-order valence-electron chi connectivity index (χ0n) is 16.8. The number of piperidine rings is 1. The van der Waals surface area contributed by atoms with Crippen LogP contribution in [0.4, 0.5) is 5.95 Å². The molecule has 28 heavy (non-hydrogen) atoms. The number of hydrogen-bond acceptors (Lipinski definition) is 6. The number of likely N-dealkylation sites (tertiary alicyclic amines) is 1. The van der Waals surface area contributed by atoms with Crippen molar-refractivity contribution in [3.8, 4) is 0 Å². The van der Waals surface area contributed by atoms with Gasteiger partial charge in [0, 0.05) is 43.6 Å². The van der Waals surface area contributed by atoms with Gasteiger partial charge in [-0.25, -0.2) is 9.97 Å². The molecule has 6 nitrogen and oxygen atoms in total. The van der Waals surface area contributed by atoms with Crippen LogP contribution in [0.25, 0.3) is 0 Å². The Morgan fingerprint density at radius 3 is 2.75 bits per heavy atom. The Morgan fingerprint density at radius 2 is 2.04 bits per heavy atom. The zero-order chi connectivity index (χ0) is 19.5. The molecule has 2 aromatic rings. The molecule has 3 heterocycles. The number of furan rings is 1. The van der Waals surface area contributed by atoms with Gasteiger partial charge in [0.1, 0.15) is 5.76 Å². The lowest BCUT2D eigenvalue weighted by atomic mass is 9.89. The van der Waals surface area contributed by atoms with Crippen LogP contribution in [0.2, 0.25) is 5.22 Å². The molecular weight excluding hydrogens is 374 g/mol. The topological polar surface area (TPSA) is 57.4 Å². The molecule has 7 heteroatoms. The average molecular weight is 404 g/mol. The molecular formula is C21H30ClN5O. The standard InChI is InChI=1S/C21H30ClN5O/c1-3-23-21-24-10-15(11-25-21)12-26(2)18-8-16-6-7-27(13-17(16)9-18)14-19-4-5-20(22)28-19/h4-5,10-11,16-18H,3,6-9,12-14H2,1-2H3,(H,23,24,25)/t16-,17-,18+/m1/s1. The number of nitrogens with zero attached hydrogens (tertiary/aromatic N) is 4. The summed E-state index contributed by atoms with van der Waals surface area (Å²) >= 11 is 5.91. The van der Waals surface area contributed by atoms with Gasteiger partial charge >= 0.3 is 0 Å². The fourth-order valence-electron chi connectivity index (χ4n) is 4.79. The van der Waals surface area contributed by atoms with E-state index in [1.165, 1.54) is 24.8 Å². The molecule has 4 rings (SSSR count). The third-order valence-electron chi connectivity index (χ3n) is 6.23. The highest BCUT2D eigenvalue weighted by atomic mass is 35.5. The van der Waals surface area contributed by atoms with Crippen molar-refractivity contribution in [3.05, 3.63) is 41.1 Å². The van der Waals surface area contributed by atoms with Crippen LogP contribution in [0.15, 0.2) is 28.9 Å². The summed E-state index contributed by atoms with van der Waals surface area (Å²) in [6.45, 7) is 6.98.